The Morgan fingerprint density at radius 3 is 2.56 bits per heavy atom. The van der Waals surface area contributed by atoms with E-state index >= 15 is 4.39 Å². The molecule has 3 N–H and O–H groups in total. The zero-order valence-electron chi connectivity index (χ0n) is 20.9. The van der Waals surface area contributed by atoms with Gasteiger partial charge in [-0.3, -0.25) is 14.7 Å². The van der Waals surface area contributed by atoms with Gasteiger partial charge in [0.15, 0.2) is 28.8 Å². The molecule has 0 unspecified atom stereocenters. The third-order valence-corrected chi connectivity index (χ3v) is 5.97. The van der Waals surface area contributed by atoms with Crippen molar-refractivity contribution in [3.63, 3.8) is 0 Å². The Hall–Kier alpha value is -5.11. The van der Waals surface area contributed by atoms with Crippen molar-refractivity contribution in [2.75, 3.05) is 18.5 Å². The Labute approximate surface area is 228 Å². The summed E-state index contributed by atoms with van der Waals surface area (Å²) in [7, 11) is 0. The quantitative estimate of drug-likeness (QED) is 0.170. The van der Waals surface area contributed by atoms with Crippen LogP contribution in [0.4, 0.5) is 23.4 Å². The van der Waals surface area contributed by atoms with Crippen molar-refractivity contribution in [1.29, 1.82) is 0 Å². The molecule has 0 aliphatic rings. The summed E-state index contributed by atoms with van der Waals surface area (Å²) in [5.41, 5.74) is -0.199. The van der Waals surface area contributed by atoms with Crippen LogP contribution in [0.15, 0.2) is 71.8 Å². The van der Waals surface area contributed by atoms with E-state index in [1.54, 1.807) is 0 Å². The number of Topliss-reactive ketones (excluding diaryl/α,β-unsaturated/α-hetero) is 1. The van der Waals surface area contributed by atoms with Crippen molar-refractivity contribution < 1.29 is 32.2 Å². The first-order valence-corrected chi connectivity index (χ1v) is 12.0. The van der Waals surface area contributed by atoms with Gasteiger partial charge < -0.3 is 15.2 Å². The molecule has 10 nitrogen and oxygen atoms in total. The minimum Gasteiger partial charge on any atom is -0.453 e. The first kappa shape index (κ1) is 27.5. The smallest absolute Gasteiger partial charge is 0.287 e. The molecule has 3 aromatic heterocycles. The minimum atomic E-state index is -3.40. The number of carbonyl (C=O) groups is 1. The van der Waals surface area contributed by atoms with Crippen molar-refractivity contribution in [2.45, 2.75) is 12.3 Å². The van der Waals surface area contributed by atoms with Gasteiger partial charge in [-0.15, -0.1) is 0 Å². The zero-order valence-corrected chi connectivity index (χ0v) is 20.9. The van der Waals surface area contributed by atoms with Gasteiger partial charge in [0.25, 0.3) is 11.5 Å². The summed E-state index contributed by atoms with van der Waals surface area (Å²) in [5, 5.41) is 21.8. The second kappa shape index (κ2) is 11.2. The lowest BCUT2D eigenvalue weighted by Gasteiger charge is -2.14. The summed E-state index contributed by atoms with van der Waals surface area (Å²) >= 11 is 0. The van der Waals surface area contributed by atoms with Crippen molar-refractivity contribution >= 4 is 22.6 Å². The van der Waals surface area contributed by atoms with Gasteiger partial charge in [0, 0.05) is 24.9 Å². The average molecular weight is 568 g/mol. The molecule has 0 saturated heterocycles. The molecule has 2 aromatic carbocycles. The SMILES string of the molecule is O=C(Cc1ccc(Oc2ccnc3[nH]nc(NCC(F)(F)CO)c23)c(F)c1)c1ccnn(-c2ccc(F)cc2)c1=O. The normalized spacial score (nSPS) is 11.5. The number of H-pyrrole nitrogens is 1. The largest absolute Gasteiger partial charge is 0.453 e. The summed E-state index contributed by atoms with van der Waals surface area (Å²) in [6.07, 6.45) is 2.30. The molecule has 0 amide bonds. The molecule has 0 bridgehead atoms. The number of fused-ring (bicyclic) bond motifs is 1. The summed E-state index contributed by atoms with van der Waals surface area (Å²) < 4.78 is 62.0. The molecule has 0 atom stereocenters. The summed E-state index contributed by atoms with van der Waals surface area (Å²) in [6, 6.07) is 11.4. The van der Waals surface area contributed by atoms with Gasteiger partial charge in [0.05, 0.1) is 17.8 Å². The molecule has 0 spiro atoms. The number of aromatic nitrogens is 5. The number of halogens is 4. The Morgan fingerprint density at radius 1 is 1.05 bits per heavy atom. The van der Waals surface area contributed by atoms with Crippen molar-refractivity contribution in [2.24, 2.45) is 0 Å². The van der Waals surface area contributed by atoms with Crippen LogP contribution in [-0.4, -0.2) is 54.9 Å². The molecule has 3 heterocycles. The molecule has 0 aliphatic carbocycles. The average Bonchev–Trinajstić information content (AvgIpc) is 3.38. The number of nitrogens with zero attached hydrogens (tertiary/aromatic N) is 4. The maximum absolute atomic E-state index is 15.0. The Bertz CT molecular complexity index is 1790. The number of ketones is 1. The highest BCUT2D eigenvalue weighted by atomic mass is 19.3. The molecule has 0 fully saturated rings. The molecule has 0 saturated carbocycles. The number of rotatable bonds is 10. The predicted molar refractivity (Wildman–Crippen MR) is 139 cm³/mol. The number of hydrogen-bond donors (Lipinski definition) is 3. The molecule has 0 aliphatic heterocycles. The van der Waals surface area contributed by atoms with Gasteiger partial charge in [0.2, 0.25) is 0 Å². The number of aliphatic hydroxyl groups excluding tert-OH is 1. The molecule has 210 valence electrons. The summed E-state index contributed by atoms with van der Waals surface area (Å²) in [6.45, 7) is -2.28. The van der Waals surface area contributed by atoms with E-state index in [4.69, 9.17) is 9.84 Å². The first-order valence-electron chi connectivity index (χ1n) is 12.0. The maximum Gasteiger partial charge on any atom is 0.287 e. The second-order valence-corrected chi connectivity index (χ2v) is 8.88. The van der Waals surface area contributed by atoms with Crippen LogP contribution in [0.1, 0.15) is 15.9 Å². The topological polar surface area (TPSA) is 135 Å². The highest BCUT2D eigenvalue weighted by molar-refractivity contribution is 5.97. The molecular weight excluding hydrogens is 548 g/mol. The van der Waals surface area contributed by atoms with Crippen LogP contribution in [0.3, 0.4) is 0 Å². The lowest BCUT2D eigenvalue weighted by Crippen LogP contribution is -2.31. The van der Waals surface area contributed by atoms with Crippen LogP contribution >= 0.6 is 0 Å². The Balaban J connectivity index is 1.35. The second-order valence-electron chi connectivity index (χ2n) is 8.88. The van der Waals surface area contributed by atoms with E-state index in [1.807, 2.05) is 0 Å². The third-order valence-electron chi connectivity index (χ3n) is 5.97. The number of pyridine rings is 1. The number of nitrogens with one attached hydrogen (secondary N) is 2. The third kappa shape index (κ3) is 5.91. The van der Waals surface area contributed by atoms with Gasteiger partial charge >= 0.3 is 0 Å². The van der Waals surface area contributed by atoms with Crippen LogP contribution in [0.5, 0.6) is 11.5 Å². The zero-order chi connectivity index (χ0) is 29.1. The van der Waals surface area contributed by atoms with E-state index in [-0.39, 0.29) is 51.6 Å². The number of anilines is 1. The number of carbonyl (C=O) groups excluding carboxylic acids is 1. The Kier molecular flexibility index (Phi) is 7.48. The fourth-order valence-electron chi connectivity index (χ4n) is 3.93. The van der Waals surface area contributed by atoms with Gasteiger partial charge in [-0.2, -0.15) is 14.9 Å². The fourth-order valence-corrected chi connectivity index (χ4v) is 3.93. The predicted octanol–water partition coefficient (Wildman–Crippen LogP) is 4.04. The molecular formula is C27H20F4N6O4. The first-order chi connectivity index (χ1) is 19.6. The monoisotopic (exact) mass is 568 g/mol. The van der Waals surface area contributed by atoms with E-state index in [2.05, 4.69) is 25.6 Å². The molecule has 5 aromatic rings. The lowest BCUT2D eigenvalue weighted by atomic mass is 10.0. The van der Waals surface area contributed by atoms with Crippen LogP contribution in [0.2, 0.25) is 0 Å². The van der Waals surface area contributed by atoms with E-state index in [1.165, 1.54) is 48.8 Å². The van der Waals surface area contributed by atoms with Crippen molar-refractivity contribution in [1.82, 2.24) is 25.0 Å². The highest BCUT2D eigenvalue weighted by Gasteiger charge is 2.28. The van der Waals surface area contributed by atoms with E-state index in [0.717, 1.165) is 22.9 Å². The van der Waals surface area contributed by atoms with Gasteiger partial charge in [-0.25, -0.2) is 22.5 Å². The van der Waals surface area contributed by atoms with E-state index in [9.17, 15) is 22.8 Å². The molecule has 41 heavy (non-hydrogen) atoms. The van der Waals surface area contributed by atoms with Gasteiger partial charge in [-0.1, -0.05) is 6.07 Å². The summed E-state index contributed by atoms with van der Waals surface area (Å²) in [5.74, 6) is -5.54. The lowest BCUT2D eigenvalue weighted by molar-refractivity contribution is -0.0373. The van der Waals surface area contributed by atoms with Crippen molar-refractivity contribution in [3.8, 4) is 17.2 Å². The summed E-state index contributed by atoms with van der Waals surface area (Å²) in [4.78, 5) is 29.8. The Morgan fingerprint density at radius 2 is 1.83 bits per heavy atom. The molecule has 0 radical (unpaired) electrons. The van der Waals surface area contributed by atoms with Crippen LogP contribution in [0, 0.1) is 11.6 Å². The standard InChI is InChI=1S/C27H20F4N6O4/c28-16-2-4-17(5-3-16)37-26(40)18(7-10-34-37)20(39)12-15-1-6-21(19(29)11-15)41-22-8-9-32-24-23(22)25(36-35-24)33-13-27(30,31)14-38/h1-11,38H,12-14H2,(H2,32,33,35,36). The van der Waals surface area contributed by atoms with E-state index in [0.29, 0.717) is 0 Å². The van der Waals surface area contributed by atoms with Crippen LogP contribution < -0.4 is 15.6 Å². The number of ether oxygens (including phenoxy) is 1. The van der Waals surface area contributed by atoms with Crippen LogP contribution in [0.25, 0.3) is 16.7 Å². The number of aliphatic hydroxyl groups is 1. The maximum atomic E-state index is 15.0. The number of alkyl halides is 2. The van der Waals surface area contributed by atoms with Gasteiger partial charge in [-0.05, 0) is 48.0 Å². The van der Waals surface area contributed by atoms with Crippen LogP contribution in [-0.2, 0) is 6.42 Å². The molecule has 14 heteroatoms. The van der Waals surface area contributed by atoms with Crippen molar-refractivity contribution in [3.05, 3.63) is 100 Å². The highest BCUT2D eigenvalue weighted by Crippen LogP contribution is 2.34. The van der Waals surface area contributed by atoms with E-state index < -0.39 is 42.1 Å². The minimum absolute atomic E-state index is 0.0394. The van der Waals surface area contributed by atoms with Gasteiger partial charge in [0.1, 0.15) is 23.6 Å². The fraction of sp³-hybridized carbons (Fsp3) is 0.148. The molecule has 5 rings (SSSR count). The number of benzene rings is 2. The number of hydrogen-bond acceptors (Lipinski definition) is 8. The number of aromatic amines is 1.